The summed E-state index contributed by atoms with van der Waals surface area (Å²) in [6.45, 7) is 3.12. The molecule has 2 aliphatic heterocycles. The van der Waals surface area contributed by atoms with E-state index in [2.05, 4.69) is 26.6 Å². The van der Waals surface area contributed by atoms with E-state index in [0.717, 1.165) is 56.0 Å². The molecule has 6 N–H and O–H groups in total. The van der Waals surface area contributed by atoms with Gasteiger partial charge in [-0.25, -0.2) is 14.4 Å². The Kier molecular flexibility index (Phi) is 20.9. The van der Waals surface area contributed by atoms with Crippen LogP contribution in [0.25, 0.3) is 0 Å². The molecule has 0 bridgehead atoms. The molecule has 21 nitrogen and oxygen atoms in total. The van der Waals surface area contributed by atoms with E-state index in [-0.39, 0.29) is 82.6 Å². The molecule has 4 aromatic rings. The molecule has 6 rings (SSSR count). The van der Waals surface area contributed by atoms with Crippen LogP contribution in [0, 0.1) is 20.2 Å². The highest BCUT2D eigenvalue weighted by molar-refractivity contribution is 5.97. The average molecular weight is 931 g/mol. The summed E-state index contributed by atoms with van der Waals surface area (Å²) in [7, 11) is 5.74. The number of hydrogen-bond donors (Lipinski definition) is 6. The molecule has 0 saturated carbocycles. The van der Waals surface area contributed by atoms with E-state index in [1.54, 1.807) is 11.9 Å². The summed E-state index contributed by atoms with van der Waals surface area (Å²) in [5.74, 6) is -1.27. The molecule has 21 heteroatoms. The molecule has 2 atom stereocenters. The zero-order chi connectivity index (χ0) is 48.7. The van der Waals surface area contributed by atoms with Gasteiger partial charge in [0.25, 0.3) is 17.3 Å². The Labute approximate surface area is 387 Å². The molecule has 0 unspecified atom stereocenters. The Morgan fingerprint density at radius 3 is 1.67 bits per heavy atom. The number of carboxylic acids is 1. The first-order chi connectivity index (χ1) is 32.3. The van der Waals surface area contributed by atoms with Crippen molar-refractivity contribution in [3.8, 4) is 11.5 Å². The average Bonchev–Trinajstić information content (AvgIpc) is 3.75. The summed E-state index contributed by atoms with van der Waals surface area (Å²) in [6, 6.07) is 23.9. The fourth-order valence-electron chi connectivity index (χ4n) is 7.19. The normalized spacial score (nSPS) is 15.4. The number of alkyl carbamates (subject to hydrolysis) is 2. The summed E-state index contributed by atoms with van der Waals surface area (Å²) < 4.78 is 20.6. The van der Waals surface area contributed by atoms with Crippen molar-refractivity contribution < 1.29 is 53.1 Å². The van der Waals surface area contributed by atoms with Crippen molar-refractivity contribution in [3.05, 3.63) is 127 Å². The van der Waals surface area contributed by atoms with Crippen LogP contribution in [0.4, 0.5) is 32.3 Å². The first kappa shape index (κ1) is 51.9. The highest BCUT2D eigenvalue weighted by atomic mass is 16.6. The number of nitrogens with zero attached hydrogens (tertiary/aromatic N) is 3. The maximum atomic E-state index is 13.2. The number of carboxylic acid groups (broad SMARTS) is 1. The van der Waals surface area contributed by atoms with Crippen LogP contribution in [0.5, 0.6) is 11.5 Å². The molecule has 3 amide bonds. The molecule has 360 valence electrons. The zero-order valence-electron chi connectivity index (χ0n) is 37.9. The largest absolute Gasteiger partial charge is 0.494 e. The van der Waals surface area contributed by atoms with Gasteiger partial charge in [0.2, 0.25) is 0 Å². The van der Waals surface area contributed by atoms with Crippen LogP contribution in [0.1, 0.15) is 70.4 Å². The minimum atomic E-state index is -1.25. The van der Waals surface area contributed by atoms with E-state index in [9.17, 15) is 39.4 Å². The smallest absolute Gasteiger partial charge is 0.407 e. The highest BCUT2D eigenvalue weighted by Gasteiger charge is 2.28. The Hall–Kier alpha value is -7.68. The van der Waals surface area contributed by atoms with Gasteiger partial charge in [0.05, 0.1) is 35.2 Å². The Bertz CT molecular complexity index is 2280. The fraction of sp³-hybridized carbons (Fsp3) is 0.391. The number of anilines is 2. The molecule has 2 fully saturated rings. The molecule has 2 saturated heterocycles. The Balaban J connectivity index is 0.000000242. The SMILES string of the molecule is CNc1c(OC)cc(C(=O)N2CCCC[C@@H](NC(=O)OCc3ccccc3)C2)cc1[N+](=O)[O-].CNc1c(OC)cc(C(=O)O)cc1[N+](=O)[O-].O=C(N[C@@H]1CCCCNC1)OCc1ccccc1. The van der Waals surface area contributed by atoms with E-state index < -0.39 is 21.9 Å². The number of amides is 3. The zero-order valence-corrected chi connectivity index (χ0v) is 37.9. The van der Waals surface area contributed by atoms with Crippen molar-refractivity contribution in [2.24, 2.45) is 0 Å². The maximum Gasteiger partial charge on any atom is 0.407 e. The van der Waals surface area contributed by atoms with Crippen molar-refractivity contribution in [3.63, 3.8) is 0 Å². The van der Waals surface area contributed by atoms with Crippen molar-refractivity contribution in [2.75, 3.05) is 65.1 Å². The monoisotopic (exact) mass is 930 g/mol. The molecule has 2 aliphatic rings. The third-order valence-corrected chi connectivity index (χ3v) is 10.6. The predicted molar refractivity (Wildman–Crippen MR) is 249 cm³/mol. The summed E-state index contributed by atoms with van der Waals surface area (Å²) in [6.07, 6.45) is 4.77. The number of nitrogens with one attached hydrogen (secondary N) is 5. The Morgan fingerprint density at radius 1 is 0.701 bits per heavy atom. The van der Waals surface area contributed by atoms with Gasteiger partial charge in [0.1, 0.15) is 24.7 Å². The van der Waals surface area contributed by atoms with Crippen molar-refractivity contribution in [1.82, 2.24) is 20.9 Å². The van der Waals surface area contributed by atoms with Gasteiger partial charge in [-0.15, -0.1) is 0 Å². The summed E-state index contributed by atoms with van der Waals surface area (Å²) in [4.78, 5) is 70.5. The van der Waals surface area contributed by atoms with Crippen molar-refractivity contribution >= 4 is 46.8 Å². The van der Waals surface area contributed by atoms with Gasteiger partial charge in [0, 0.05) is 57.9 Å². The van der Waals surface area contributed by atoms with E-state index in [0.29, 0.717) is 19.6 Å². The number of carbonyl (C=O) groups excluding carboxylic acids is 3. The van der Waals surface area contributed by atoms with Crippen LogP contribution in [0.15, 0.2) is 84.9 Å². The van der Waals surface area contributed by atoms with Gasteiger partial charge in [0.15, 0.2) is 11.4 Å². The number of nitro groups is 2. The molecule has 0 radical (unpaired) electrons. The fourth-order valence-corrected chi connectivity index (χ4v) is 7.19. The predicted octanol–water partition coefficient (Wildman–Crippen LogP) is 6.96. The molecule has 0 spiro atoms. The number of rotatable bonds is 14. The van der Waals surface area contributed by atoms with Gasteiger partial charge >= 0.3 is 18.2 Å². The third kappa shape index (κ3) is 16.4. The second-order valence-corrected chi connectivity index (χ2v) is 15.2. The third-order valence-electron chi connectivity index (χ3n) is 10.6. The van der Waals surface area contributed by atoms with Gasteiger partial charge in [-0.3, -0.25) is 25.0 Å². The summed E-state index contributed by atoms with van der Waals surface area (Å²) in [5.41, 5.74) is 1.63. The number of benzene rings is 4. The van der Waals surface area contributed by atoms with Gasteiger partial charge in [-0.1, -0.05) is 67.1 Å². The lowest BCUT2D eigenvalue weighted by Gasteiger charge is -2.25. The van der Waals surface area contributed by atoms with Crippen LogP contribution >= 0.6 is 0 Å². The van der Waals surface area contributed by atoms with Crippen molar-refractivity contribution in [2.45, 2.75) is 63.8 Å². The summed E-state index contributed by atoms with van der Waals surface area (Å²) >= 11 is 0. The number of carbonyl (C=O) groups is 4. The number of hydrogen-bond acceptors (Lipinski definition) is 15. The number of methoxy groups -OCH3 is 2. The van der Waals surface area contributed by atoms with Crippen LogP contribution in [0.2, 0.25) is 0 Å². The molecule has 0 aromatic heterocycles. The number of ether oxygens (including phenoxy) is 4. The topological polar surface area (TPSA) is 275 Å². The van der Waals surface area contributed by atoms with Gasteiger partial charge < -0.3 is 55.5 Å². The molecular weight excluding hydrogens is 873 g/mol. The molecule has 0 aliphatic carbocycles. The lowest BCUT2D eigenvalue weighted by atomic mass is 10.1. The van der Waals surface area contributed by atoms with Gasteiger partial charge in [-0.05, 0) is 61.9 Å². The lowest BCUT2D eigenvalue weighted by Crippen LogP contribution is -2.44. The second kappa shape index (κ2) is 27.0. The first-order valence-electron chi connectivity index (χ1n) is 21.5. The minimum Gasteiger partial charge on any atom is -0.494 e. The summed E-state index contributed by atoms with van der Waals surface area (Å²) in [5, 5.41) is 45.4. The molecule has 67 heavy (non-hydrogen) atoms. The van der Waals surface area contributed by atoms with Gasteiger partial charge in [-0.2, -0.15) is 0 Å². The van der Waals surface area contributed by atoms with E-state index in [4.69, 9.17) is 24.1 Å². The minimum absolute atomic E-state index is 0.120. The maximum absolute atomic E-state index is 13.2. The quantitative estimate of drug-likeness (QED) is 0.0550. The van der Waals surface area contributed by atoms with E-state index in [1.807, 2.05) is 60.7 Å². The lowest BCUT2D eigenvalue weighted by molar-refractivity contribution is -0.384. The first-order valence-corrected chi connectivity index (χ1v) is 21.5. The standard InChI is InChI=1S/C23H28N4O6.C14H20N2O2.C9H10N2O5/c1-24-21-19(27(30)31)12-17(13-20(21)32-2)22(28)26-11-7-6-10-18(14-26)25-23(29)33-15-16-8-4-3-5-9-16;17-14(16-13-8-4-5-9-15-10-13)18-11-12-6-2-1-3-7-12;1-10-8-6(11(14)15)3-5(9(12)13)4-7(8)16-2/h3-5,8-9,12-13,18,24H,6-7,10-11,14-15H2,1-2H3,(H,25,29);1-3,6-7,13,15H,4-5,8-11H2,(H,16,17);3-4,10H,1-2H3,(H,12,13)/t18-;13-;/m11./s1. The second-order valence-electron chi connectivity index (χ2n) is 15.2. The van der Waals surface area contributed by atoms with Crippen molar-refractivity contribution in [1.29, 1.82) is 0 Å². The van der Waals surface area contributed by atoms with E-state index in [1.165, 1.54) is 45.9 Å². The van der Waals surface area contributed by atoms with Crippen LogP contribution in [-0.4, -0.2) is 110 Å². The van der Waals surface area contributed by atoms with E-state index >= 15 is 0 Å². The molecular formula is C46H58N8O13. The molecule has 4 aromatic carbocycles. The Morgan fingerprint density at radius 2 is 1.18 bits per heavy atom. The number of likely N-dealkylation sites (tertiary alicyclic amines) is 1. The molecule has 2 heterocycles. The van der Waals surface area contributed by atoms with Crippen LogP contribution in [-0.2, 0) is 22.7 Å². The number of nitro benzene ring substituents is 2. The highest BCUT2D eigenvalue weighted by Crippen LogP contribution is 2.37. The van der Waals surface area contributed by atoms with Crippen LogP contribution in [0.3, 0.4) is 0 Å². The number of aromatic carboxylic acids is 1. The van der Waals surface area contributed by atoms with Crippen LogP contribution < -0.4 is 36.1 Å².